The molecule has 2 fully saturated rings. The maximum absolute atomic E-state index is 2.71. The zero-order valence-corrected chi connectivity index (χ0v) is 10.00. The molecular formula is C13H25N. The molecule has 0 bridgehead atoms. The van der Waals surface area contributed by atoms with Gasteiger partial charge in [0, 0.05) is 19.1 Å². The summed E-state index contributed by atoms with van der Waals surface area (Å²) in [6.07, 6.45) is 5.95. The number of nitrogens with zero attached hydrogens (tertiary/aromatic N) is 1. The lowest BCUT2D eigenvalue weighted by Gasteiger charge is -2.47. The van der Waals surface area contributed by atoms with Crippen LogP contribution < -0.4 is 0 Å². The third-order valence-electron chi connectivity index (χ3n) is 4.54. The van der Waals surface area contributed by atoms with Gasteiger partial charge in [0.25, 0.3) is 0 Å². The van der Waals surface area contributed by atoms with Crippen molar-refractivity contribution in [2.45, 2.75) is 52.5 Å². The predicted molar refractivity (Wildman–Crippen MR) is 61.3 cm³/mol. The summed E-state index contributed by atoms with van der Waals surface area (Å²) in [4.78, 5) is 2.71. The average Bonchev–Trinajstić information content (AvgIpc) is 2.51. The fraction of sp³-hybridized carbons (Fsp3) is 1.00. The van der Waals surface area contributed by atoms with Crippen LogP contribution in [0.5, 0.6) is 0 Å². The predicted octanol–water partition coefficient (Wildman–Crippen LogP) is 3.15. The van der Waals surface area contributed by atoms with Crippen LogP contribution in [-0.2, 0) is 0 Å². The molecule has 1 aliphatic carbocycles. The van der Waals surface area contributed by atoms with Gasteiger partial charge in [-0.1, -0.05) is 26.7 Å². The van der Waals surface area contributed by atoms with Gasteiger partial charge >= 0.3 is 0 Å². The molecule has 1 nitrogen and oxygen atoms in total. The van der Waals surface area contributed by atoms with Gasteiger partial charge in [-0.15, -0.1) is 0 Å². The van der Waals surface area contributed by atoms with E-state index >= 15 is 0 Å². The highest BCUT2D eigenvalue weighted by molar-refractivity contribution is 4.89. The van der Waals surface area contributed by atoms with E-state index in [4.69, 9.17) is 0 Å². The van der Waals surface area contributed by atoms with Crippen molar-refractivity contribution in [3.63, 3.8) is 0 Å². The van der Waals surface area contributed by atoms with Gasteiger partial charge in [-0.25, -0.2) is 0 Å². The van der Waals surface area contributed by atoms with Gasteiger partial charge in [0.1, 0.15) is 0 Å². The minimum Gasteiger partial charge on any atom is -0.300 e. The fourth-order valence-electron chi connectivity index (χ4n) is 3.04. The maximum Gasteiger partial charge on any atom is 0.00954 e. The highest BCUT2D eigenvalue weighted by Crippen LogP contribution is 2.34. The van der Waals surface area contributed by atoms with E-state index in [0.717, 1.165) is 23.8 Å². The van der Waals surface area contributed by atoms with E-state index in [1.54, 1.807) is 0 Å². The van der Waals surface area contributed by atoms with Crippen LogP contribution in [0.3, 0.4) is 0 Å². The molecule has 1 saturated carbocycles. The van der Waals surface area contributed by atoms with Gasteiger partial charge in [0.05, 0.1) is 0 Å². The van der Waals surface area contributed by atoms with Crippen molar-refractivity contribution in [1.29, 1.82) is 0 Å². The Balaban J connectivity index is 1.75. The highest BCUT2D eigenvalue weighted by atomic mass is 15.2. The zero-order valence-electron chi connectivity index (χ0n) is 10.00. The van der Waals surface area contributed by atoms with E-state index in [-0.39, 0.29) is 0 Å². The summed E-state index contributed by atoms with van der Waals surface area (Å²) in [6, 6.07) is 0.868. The maximum atomic E-state index is 2.71. The Labute approximate surface area is 88.9 Å². The minimum absolute atomic E-state index is 0.868. The summed E-state index contributed by atoms with van der Waals surface area (Å²) < 4.78 is 0. The summed E-state index contributed by atoms with van der Waals surface area (Å²) in [5.41, 5.74) is 0. The molecule has 0 radical (unpaired) electrons. The molecule has 1 heterocycles. The zero-order chi connectivity index (χ0) is 10.1. The molecule has 2 rings (SSSR count). The van der Waals surface area contributed by atoms with Gasteiger partial charge in [0.2, 0.25) is 0 Å². The summed E-state index contributed by atoms with van der Waals surface area (Å²) in [6.45, 7) is 9.92. The molecular weight excluding hydrogens is 170 g/mol. The van der Waals surface area contributed by atoms with Crippen molar-refractivity contribution in [3.05, 3.63) is 0 Å². The van der Waals surface area contributed by atoms with E-state index < -0.39 is 0 Å². The Morgan fingerprint density at radius 3 is 2.00 bits per heavy atom. The molecule has 0 aromatic heterocycles. The number of hydrogen-bond donors (Lipinski definition) is 0. The third kappa shape index (κ3) is 1.98. The average molecular weight is 195 g/mol. The molecule has 0 aromatic rings. The van der Waals surface area contributed by atoms with Crippen LogP contribution in [0, 0.1) is 17.8 Å². The molecule has 0 aromatic carbocycles. The first-order valence-electron chi connectivity index (χ1n) is 6.42. The van der Waals surface area contributed by atoms with Crippen LogP contribution in [0.25, 0.3) is 0 Å². The topological polar surface area (TPSA) is 3.24 Å². The van der Waals surface area contributed by atoms with E-state index in [0.29, 0.717) is 0 Å². The quantitative estimate of drug-likeness (QED) is 0.668. The summed E-state index contributed by atoms with van der Waals surface area (Å²) in [7, 11) is 0. The first-order chi connectivity index (χ1) is 6.68. The van der Waals surface area contributed by atoms with Crippen LogP contribution in [0.4, 0.5) is 0 Å². The van der Waals surface area contributed by atoms with E-state index in [1.165, 1.54) is 38.8 Å². The SMILES string of the molecule is CC(C)C1CN(C(C)C2CCCC2)C1. The lowest BCUT2D eigenvalue weighted by molar-refractivity contribution is 0.0126. The van der Waals surface area contributed by atoms with Crippen LogP contribution in [0.1, 0.15) is 46.5 Å². The second kappa shape index (κ2) is 4.22. The first-order valence-corrected chi connectivity index (χ1v) is 6.42. The summed E-state index contributed by atoms with van der Waals surface area (Å²) in [5.74, 6) is 2.89. The molecule has 1 atom stereocenters. The lowest BCUT2D eigenvalue weighted by atomic mass is 9.85. The van der Waals surface area contributed by atoms with Crippen molar-refractivity contribution in [3.8, 4) is 0 Å². The fourth-order valence-corrected chi connectivity index (χ4v) is 3.04. The summed E-state index contributed by atoms with van der Waals surface area (Å²) in [5, 5.41) is 0. The highest BCUT2D eigenvalue weighted by Gasteiger charge is 2.35. The Bertz CT molecular complexity index is 176. The van der Waals surface area contributed by atoms with E-state index in [2.05, 4.69) is 25.7 Å². The van der Waals surface area contributed by atoms with Crippen molar-refractivity contribution >= 4 is 0 Å². The normalized spacial score (nSPS) is 28.3. The second-order valence-corrected chi connectivity index (χ2v) is 5.74. The molecule has 1 unspecified atom stereocenters. The third-order valence-corrected chi connectivity index (χ3v) is 4.54. The molecule has 1 saturated heterocycles. The molecule has 1 aliphatic heterocycles. The molecule has 1 heteroatoms. The Morgan fingerprint density at radius 2 is 1.50 bits per heavy atom. The van der Waals surface area contributed by atoms with Gasteiger partial charge in [0.15, 0.2) is 0 Å². The smallest absolute Gasteiger partial charge is 0.00954 e. The first kappa shape index (κ1) is 10.5. The van der Waals surface area contributed by atoms with Crippen LogP contribution in [-0.4, -0.2) is 24.0 Å². The van der Waals surface area contributed by atoms with Crippen molar-refractivity contribution in [1.82, 2.24) is 4.90 Å². The Kier molecular flexibility index (Phi) is 3.16. The number of rotatable bonds is 3. The van der Waals surface area contributed by atoms with Crippen molar-refractivity contribution in [2.24, 2.45) is 17.8 Å². The molecule has 0 spiro atoms. The standard InChI is InChI=1S/C13H25N/c1-10(2)13-8-14(9-13)11(3)12-6-4-5-7-12/h10-13H,4-9H2,1-3H3. The Morgan fingerprint density at radius 1 is 0.929 bits per heavy atom. The number of hydrogen-bond acceptors (Lipinski definition) is 1. The lowest BCUT2D eigenvalue weighted by Crippen LogP contribution is -2.54. The Hall–Kier alpha value is -0.0400. The molecule has 0 N–H and O–H groups in total. The van der Waals surface area contributed by atoms with Crippen molar-refractivity contribution in [2.75, 3.05) is 13.1 Å². The molecule has 2 aliphatic rings. The van der Waals surface area contributed by atoms with Crippen LogP contribution >= 0.6 is 0 Å². The van der Waals surface area contributed by atoms with Crippen LogP contribution in [0.15, 0.2) is 0 Å². The summed E-state index contributed by atoms with van der Waals surface area (Å²) >= 11 is 0. The van der Waals surface area contributed by atoms with Gasteiger partial charge in [-0.2, -0.15) is 0 Å². The van der Waals surface area contributed by atoms with E-state index in [9.17, 15) is 0 Å². The number of likely N-dealkylation sites (tertiary alicyclic amines) is 1. The molecule has 0 amide bonds. The second-order valence-electron chi connectivity index (χ2n) is 5.74. The van der Waals surface area contributed by atoms with Crippen molar-refractivity contribution < 1.29 is 0 Å². The van der Waals surface area contributed by atoms with Gasteiger partial charge < -0.3 is 0 Å². The minimum atomic E-state index is 0.868. The largest absolute Gasteiger partial charge is 0.300 e. The molecule has 14 heavy (non-hydrogen) atoms. The van der Waals surface area contributed by atoms with Gasteiger partial charge in [-0.05, 0) is 37.5 Å². The molecule has 82 valence electrons. The monoisotopic (exact) mass is 195 g/mol. The van der Waals surface area contributed by atoms with Crippen LogP contribution in [0.2, 0.25) is 0 Å². The van der Waals surface area contributed by atoms with Gasteiger partial charge in [-0.3, -0.25) is 4.90 Å². The van der Waals surface area contributed by atoms with E-state index in [1.807, 2.05) is 0 Å².